The third kappa shape index (κ3) is 2.11. The molecule has 5 nitrogen and oxygen atoms in total. The number of aliphatic hydroxyl groups excluding tert-OH is 1. The second-order valence-electron chi connectivity index (χ2n) is 8.37. The van der Waals surface area contributed by atoms with Crippen molar-refractivity contribution in [2.24, 2.45) is 17.8 Å². The number of nitrogens with zero attached hydrogens (tertiary/aromatic N) is 1. The third-order valence-corrected chi connectivity index (χ3v) is 6.62. The Kier molecular flexibility index (Phi) is 3.04. The monoisotopic (exact) mass is 327 g/mol. The lowest BCUT2D eigenvalue weighted by Gasteiger charge is -2.58. The van der Waals surface area contributed by atoms with Crippen LogP contribution in [0.15, 0.2) is 18.5 Å². The molecule has 4 N–H and O–H groups in total. The van der Waals surface area contributed by atoms with E-state index in [2.05, 4.69) is 15.3 Å². The van der Waals surface area contributed by atoms with Crippen LogP contribution in [0.25, 0.3) is 11.0 Å². The molecule has 0 radical (unpaired) electrons. The van der Waals surface area contributed by atoms with E-state index < -0.39 is 11.7 Å². The summed E-state index contributed by atoms with van der Waals surface area (Å²) in [6, 6.07) is 2.42. The van der Waals surface area contributed by atoms with E-state index in [0.717, 1.165) is 41.5 Å². The first kappa shape index (κ1) is 14.7. The number of pyridine rings is 1. The number of rotatable bonds is 3. The highest BCUT2D eigenvalue weighted by atomic mass is 16.3. The van der Waals surface area contributed by atoms with Gasteiger partial charge in [0.25, 0.3) is 0 Å². The van der Waals surface area contributed by atoms with E-state index in [9.17, 15) is 10.2 Å². The van der Waals surface area contributed by atoms with Gasteiger partial charge < -0.3 is 20.5 Å². The zero-order valence-corrected chi connectivity index (χ0v) is 14.0. The highest BCUT2D eigenvalue weighted by Crippen LogP contribution is 2.56. The molecule has 128 valence electrons. The van der Waals surface area contributed by atoms with Crippen molar-refractivity contribution in [3.63, 3.8) is 0 Å². The Bertz CT molecular complexity index is 768. The Balaban J connectivity index is 1.53. The molecule has 0 amide bonds. The molecule has 0 saturated heterocycles. The molecule has 2 aromatic heterocycles. The molecule has 4 aliphatic carbocycles. The summed E-state index contributed by atoms with van der Waals surface area (Å²) in [5.41, 5.74) is 2.31. The number of nitrogens with one attached hydrogen (secondary N) is 2. The zero-order chi connectivity index (χ0) is 16.5. The Morgan fingerprint density at radius 2 is 2.04 bits per heavy atom. The first-order valence-corrected chi connectivity index (χ1v) is 9.15. The number of aromatic nitrogens is 2. The van der Waals surface area contributed by atoms with Crippen LogP contribution in [-0.4, -0.2) is 31.8 Å². The van der Waals surface area contributed by atoms with Gasteiger partial charge in [-0.3, -0.25) is 0 Å². The van der Waals surface area contributed by atoms with Crippen LogP contribution in [0, 0.1) is 17.8 Å². The molecular weight excluding hydrogens is 302 g/mol. The first-order valence-electron chi connectivity index (χ1n) is 9.15. The topological polar surface area (TPSA) is 81.2 Å². The normalized spacial score (nSPS) is 38.6. The lowest BCUT2D eigenvalue weighted by Crippen LogP contribution is -2.59. The standard InChI is InChI=1S/C19H25N3O2/c1-10(23)15-9-21-18-14(2-3-20-18)17(15)22-16-12-4-11-5-13(16)8-19(24,6-11)7-12/h2-3,9-13,16,23-24H,4-8H2,1H3,(H2,20,21,22)/t10-,11?,12?,13?,16?,19?/m0/s1. The predicted molar refractivity (Wildman–Crippen MR) is 92.6 cm³/mol. The van der Waals surface area contributed by atoms with Gasteiger partial charge >= 0.3 is 0 Å². The predicted octanol–water partition coefficient (Wildman–Crippen LogP) is 2.97. The lowest BCUT2D eigenvalue weighted by molar-refractivity contribution is -0.129. The second-order valence-corrected chi connectivity index (χ2v) is 8.37. The Hall–Kier alpha value is -1.59. The average Bonchev–Trinajstić information content (AvgIpc) is 2.97. The molecule has 5 heteroatoms. The largest absolute Gasteiger partial charge is 0.390 e. The van der Waals surface area contributed by atoms with Crippen molar-refractivity contribution >= 4 is 16.7 Å². The fraction of sp³-hybridized carbons (Fsp3) is 0.632. The summed E-state index contributed by atoms with van der Waals surface area (Å²) < 4.78 is 0. The number of H-pyrrole nitrogens is 1. The lowest BCUT2D eigenvalue weighted by atomic mass is 9.52. The number of hydrogen-bond acceptors (Lipinski definition) is 4. The zero-order valence-electron chi connectivity index (χ0n) is 14.0. The first-order chi connectivity index (χ1) is 11.5. The Morgan fingerprint density at radius 3 is 2.71 bits per heavy atom. The molecule has 4 bridgehead atoms. The molecule has 2 unspecified atom stereocenters. The van der Waals surface area contributed by atoms with E-state index in [1.807, 2.05) is 12.3 Å². The van der Waals surface area contributed by atoms with E-state index in [-0.39, 0.29) is 0 Å². The fourth-order valence-corrected chi connectivity index (χ4v) is 5.88. The van der Waals surface area contributed by atoms with Gasteiger partial charge in [0, 0.05) is 29.4 Å². The van der Waals surface area contributed by atoms with Gasteiger partial charge in [-0.1, -0.05) is 0 Å². The summed E-state index contributed by atoms with van der Waals surface area (Å²) in [5.74, 6) is 1.77. The van der Waals surface area contributed by atoms with Gasteiger partial charge in [0.2, 0.25) is 0 Å². The van der Waals surface area contributed by atoms with E-state index in [1.54, 1.807) is 13.1 Å². The van der Waals surface area contributed by atoms with Crippen molar-refractivity contribution in [1.82, 2.24) is 9.97 Å². The molecule has 24 heavy (non-hydrogen) atoms. The molecule has 0 aromatic carbocycles. The highest BCUT2D eigenvalue weighted by Gasteiger charge is 2.54. The number of hydrogen-bond donors (Lipinski definition) is 4. The maximum Gasteiger partial charge on any atom is 0.139 e. The van der Waals surface area contributed by atoms with E-state index >= 15 is 0 Å². The van der Waals surface area contributed by atoms with Crippen molar-refractivity contribution in [3.05, 3.63) is 24.0 Å². The van der Waals surface area contributed by atoms with Gasteiger partial charge in [-0.05, 0) is 62.8 Å². The highest BCUT2D eigenvalue weighted by molar-refractivity contribution is 5.91. The van der Waals surface area contributed by atoms with Crippen LogP contribution >= 0.6 is 0 Å². The smallest absolute Gasteiger partial charge is 0.139 e. The SMILES string of the molecule is C[C@H](O)c1cnc2[nH]ccc2c1NC1C2CC3CC1CC(O)(C3)C2. The number of anilines is 1. The van der Waals surface area contributed by atoms with Crippen molar-refractivity contribution in [1.29, 1.82) is 0 Å². The minimum Gasteiger partial charge on any atom is -0.390 e. The van der Waals surface area contributed by atoms with E-state index in [1.165, 1.54) is 12.8 Å². The summed E-state index contributed by atoms with van der Waals surface area (Å²) in [6.45, 7) is 1.79. The summed E-state index contributed by atoms with van der Waals surface area (Å²) in [5, 5.41) is 25.8. The summed E-state index contributed by atoms with van der Waals surface area (Å²) >= 11 is 0. The molecule has 4 aliphatic rings. The molecule has 2 aromatic rings. The maximum absolute atomic E-state index is 10.8. The van der Waals surface area contributed by atoms with Gasteiger partial charge in [0.15, 0.2) is 0 Å². The Labute approximate surface area is 141 Å². The van der Waals surface area contributed by atoms with Gasteiger partial charge in [-0.15, -0.1) is 0 Å². The van der Waals surface area contributed by atoms with Crippen LogP contribution in [0.3, 0.4) is 0 Å². The van der Waals surface area contributed by atoms with Gasteiger partial charge in [0.05, 0.1) is 17.4 Å². The van der Waals surface area contributed by atoms with Gasteiger partial charge in [0.1, 0.15) is 5.65 Å². The average molecular weight is 327 g/mol. The van der Waals surface area contributed by atoms with Crippen LogP contribution in [0.5, 0.6) is 0 Å². The van der Waals surface area contributed by atoms with Gasteiger partial charge in [-0.2, -0.15) is 0 Å². The molecule has 4 fully saturated rings. The van der Waals surface area contributed by atoms with Crippen LogP contribution in [0.1, 0.15) is 50.7 Å². The van der Waals surface area contributed by atoms with Crippen LogP contribution < -0.4 is 5.32 Å². The molecule has 0 aliphatic heterocycles. The van der Waals surface area contributed by atoms with Gasteiger partial charge in [-0.25, -0.2) is 4.98 Å². The van der Waals surface area contributed by atoms with Crippen molar-refractivity contribution in [2.75, 3.05) is 5.32 Å². The van der Waals surface area contributed by atoms with Crippen LogP contribution in [0.2, 0.25) is 0 Å². The van der Waals surface area contributed by atoms with E-state index in [4.69, 9.17) is 0 Å². The number of aliphatic hydroxyl groups is 2. The summed E-state index contributed by atoms with van der Waals surface area (Å²) in [7, 11) is 0. The minimum atomic E-state index is -0.555. The van der Waals surface area contributed by atoms with Crippen molar-refractivity contribution in [3.8, 4) is 0 Å². The summed E-state index contributed by atoms with van der Waals surface area (Å²) in [4.78, 5) is 7.58. The molecule has 0 spiro atoms. The second kappa shape index (κ2) is 4.96. The maximum atomic E-state index is 10.8. The van der Waals surface area contributed by atoms with E-state index in [0.29, 0.717) is 23.8 Å². The van der Waals surface area contributed by atoms with Crippen LogP contribution in [-0.2, 0) is 0 Å². The Morgan fingerprint density at radius 1 is 1.29 bits per heavy atom. The third-order valence-electron chi connectivity index (χ3n) is 6.62. The fourth-order valence-electron chi connectivity index (χ4n) is 5.88. The quantitative estimate of drug-likeness (QED) is 0.699. The summed E-state index contributed by atoms with van der Waals surface area (Å²) in [6.07, 6.45) is 8.41. The van der Waals surface area contributed by atoms with Crippen molar-refractivity contribution < 1.29 is 10.2 Å². The molecule has 2 heterocycles. The minimum absolute atomic E-state index is 0.389. The molecule has 6 rings (SSSR count). The number of aromatic amines is 1. The molecular formula is C19H25N3O2. The number of fused-ring (bicyclic) bond motifs is 1. The van der Waals surface area contributed by atoms with Crippen LogP contribution in [0.4, 0.5) is 5.69 Å². The van der Waals surface area contributed by atoms with Crippen molar-refractivity contribution in [2.45, 2.75) is 56.8 Å². The molecule has 3 atom stereocenters. The molecule has 4 saturated carbocycles.